The molecule has 1 aliphatic carbocycles. The number of rotatable bonds is 0. The van der Waals surface area contributed by atoms with Crippen molar-refractivity contribution in [1.82, 2.24) is 4.90 Å². The Morgan fingerprint density at radius 3 is 2.50 bits per heavy atom. The summed E-state index contributed by atoms with van der Waals surface area (Å²) in [6.45, 7) is 2.23. The van der Waals surface area contributed by atoms with E-state index in [4.69, 9.17) is 0 Å². The second-order valence-electron chi connectivity index (χ2n) is 4.36. The van der Waals surface area contributed by atoms with Crippen LogP contribution in [0.25, 0.3) is 0 Å². The third-order valence-corrected chi connectivity index (χ3v) is 3.59. The summed E-state index contributed by atoms with van der Waals surface area (Å²) in [5.41, 5.74) is 0.131. The molecular formula is C10H19NO. The van der Waals surface area contributed by atoms with Crippen LogP contribution in [0.2, 0.25) is 0 Å². The summed E-state index contributed by atoms with van der Waals surface area (Å²) < 4.78 is 0. The van der Waals surface area contributed by atoms with Gasteiger partial charge in [0.25, 0.3) is 0 Å². The van der Waals surface area contributed by atoms with Crippen LogP contribution in [-0.2, 0) is 4.79 Å². The molecular weight excluding hydrogens is 150 g/mol. The van der Waals surface area contributed by atoms with Crippen molar-refractivity contribution in [1.29, 1.82) is 0 Å². The Morgan fingerprint density at radius 2 is 2.00 bits per heavy atom. The first-order valence-corrected chi connectivity index (χ1v) is 4.95. The second-order valence-corrected chi connectivity index (χ2v) is 4.36. The van der Waals surface area contributed by atoms with Crippen molar-refractivity contribution in [3.63, 3.8) is 0 Å². The summed E-state index contributed by atoms with van der Waals surface area (Å²) in [4.78, 5) is 14.0. The Morgan fingerprint density at radius 1 is 1.33 bits per heavy atom. The zero-order valence-corrected chi connectivity index (χ0v) is 7.81. The molecule has 12 heavy (non-hydrogen) atoms. The lowest BCUT2D eigenvalue weighted by Crippen LogP contribution is -2.40. The highest BCUT2D eigenvalue weighted by molar-refractivity contribution is 5.86. The molecule has 2 heteroatoms. The molecule has 2 nitrogen and oxygen atoms in total. The van der Waals surface area contributed by atoms with Crippen molar-refractivity contribution < 1.29 is 6.22 Å². The Labute approximate surface area is 75.4 Å². The number of nitrogens with zero attached hydrogens (tertiary/aromatic N) is 1. The summed E-state index contributed by atoms with van der Waals surface area (Å²) >= 11 is 0. The molecule has 0 aromatic heterocycles. The molecule has 1 saturated carbocycles. The van der Waals surface area contributed by atoms with E-state index >= 15 is 0 Å². The molecule has 0 bridgehead atoms. The predicted molar refractivity (Wildman–Crippen MR) is 50.1 cm³/mol. The van der Waals surface area contributed by atoms with E-state index in [9.17, 15) is 4.79 Å². The van der Waals surface area contributed by atoms with Crippen LogP contribution >= 0.6 is 0 Å². The molecule has 0 N–H and O–H groups in total. The minimum atomic E-state index is 0. The maximum atomic E-state index is 11.6. The Balaban J connectivity index is 0.000000845. The molecule has 1 heterocycles. The lowest BCUT2D eigenvalue weighted by molar-refractivity contribution is -0.128. The lowest BCUT2D eigenvalue weighted by Gasteiger charge is -2.36. The topological polar surface area (TPSA) is 20.3 Å². The molecule has 0 atom stereocenters. The number of hydrogen-bond donors (Lipinski definition) is 0. The average molecular weight is 169 g/mol. The fraction of sp³-hybridized carbons (Fsp3) is 0.900. The molecule has 1 saturated heterocycles. The number of piperidine rings is 1. The van der Waals surface area contributed by atoms with Gasteiger partial charge in [-0.25, -0.2) is 0 Å². The minimum absolute atomic E-state index is 0. The van der Waals surface area contributed by atoms with Crippen LogP contribution in [0.5, 0.6) is 0 Å². The highest BCUT2D eigenvalue weighted by atomic mass is 16.1. The van der Waals surface area contributed by atoms with Gasteiger partial charge in [-0.15, -0.1) is 0 Å². The summed E-state index contributed by atoms with van der Waals surface area (Å²) in [5.74, 6) is 0.551. The Hall–Kier alpha value is -0.370. The highest BCUT2D eigenvalue weighted by Gasteiger charge is 2.43. The van der Waals surface area contributed by atoms with Crippen LogP contribution in [0.4, 0.5) is 0 Å². The van der Waals surface area contributed by atoms with Gasteiger partial charge in [0.15, 0.2) is 0 Å². The van der Waals surface area contributed by atoms with Crippen molar-refractivity contribution >= 4 is 5.78 Å². The van der Waals surface area contributed by atoms with Gasteiger partial charge < -0.3 is 4.90 Å². The molecule has 1 spiro atoms. The summed E-state index contributed by atoms with van der Waals surface area (Å²) in [7, 11) is 2.15. The van der Waals surface area contributed by atoms with Gasteiger partial charge in [-0.2, -0.15) is 0 Å². The fourth-order valence-corrected chi connectivity index (χ4v) is 2.57. The van der Waals surface area contributed by atoms with Gasteiger partial charge in [0.1, 0.15) is 5.78 Å². The van der Waals surface area contributed by atoms with Crippen molar-refractivity contribution in [2.75, 3.05) is 20.1 Å². The zero-order valence-electron chi connectivity index (χ0n) is 7.81. The maximum Gasteiger partial charge on any atom is 0.139 e. The first-order chi connectivity index (χ1) is 5.73. The molecule has 0 unspecified atom stereocenters. The zero-order chi connectivity index (χ0) is 8.60. The summed E-state index contributed by atoms with van der Waals surface area (Å²) in [6.07, 6.45) is 5.39. The largest absolute Gasteiger partial charge is 0.306 e. The van der Waals surface area contributed by atoms with E-state index in [-0.39, 0.29) is 6.84 Å². The molecule has 2 fully saturated rings. The normalized spacial score (nSPS) is 29.9. The van der Waals surface area contributed by atoms with Crippen molar-refractivity contribution in [2.45, 2.75) is 32.1 Å². The van der Waals surface area contributed by atoms with Crippen LogP contribution in [0.3, 0.4) is 0 Å². The van der Waals surface area contributed by atoms with Crippen molar-refractivity contribution in [3.05, 3.63) is 0 Å². The van der Waals surface area contributed by atoms with Gasteiger partial charge in [0.2, 0.25) is 0 Å². The van der Waals surface area contributed by atoms with E-state index in [2.05, 4.69) is 11.9 Å². The van der Waals surface area contributed by atoms with Gasteiger partial charge in [0, 0.05) is 13.3 Å². The molecule has 70 valence electrons. The number of ketones is 1. The number of carbonyl (C=O) groups is 1. The quantitative estimate of drug-likeness (QED) is 0.550. The fourth-order valence-electron chi connectivity index (χ4n) is 2.57. The van der Waals surface area contributed by atoms with Crippen molar-refractivity contribution in [3.8, 4) is 0 Å². The van der Waals surface area contributed by atoms with Crippen LogP contribution in [0.15, 0.2) is 0 Å². The van der Waals surface area contributed by atoms with E-state index in [1.807, 2.05) is 0 Å². The molecule has 0 radical (unpaired) electrons. The molecule has 2 rings (SSSR count). The minimum Gasteiger partial charge on any atom is -0.306 e. The van der Waals surface area contributed by atoms with Crippen LogP contribution in [0, 0.1) is 5.41 Å². The van der Waals surface area contributed by atoms with Gasteiger partial charge in [-0.1, -0.05) is 0 Å². The molecule has 1 aliphatic heterocycles. The molecule has 0 aromatic rings. The maximum absolute atomic E-state index is 11.6. The van der Waals surface area contributed by atoms with Crippen molar-refractivity contribution in [2.24, 2.45) is 5.41 Å². The van der Waals surface area contributed by atoms with Crippen LogP contribution < -0.4 is 0 Å². The predicted octanol–water partition coefficient (Wildman–Crippen LogP) is 1.70. The lowest BCUT2D eigenvalue weighted by atomic mass is 9.76. The van der Waals surface area contributed by atoms with Gasteiger partial charge in [-0.05, 0) is 45.8 Å². The third-order valence-electron chi connectivity index (χ3n) is 3.59. The molecule has 2 aliphatic rings. The molecule has 0 aromatic carbocycles. The second kappa shape index (κ2) is 2.84. The third kappa shape index (κ3) is 1.18. The standard InChI is InChI=1S/C10H17NO.H2/c1-11-7-5-10(6-8-11)4-2-3-9(10)12;/h2-8H2,1H3;1H. The number of carbonyl (C=O) groups excluding carboxylic acids is 1. The van der Waals surface area contributed by atoms with E-state index in [0.717, 1.165) is 38.8 Å². The number of likely N-dealkylation sites (tertiary alicyclic amines) is 1. The van der Waals surface area contributed by atoms with E-state index < -0.39 is 0 Å². The average Bonchev–Trinajstić information content (AvgIpc) is 2.41. The summed E-state index contributed by atoms with van der Waals surface area (Å²) in [6, 6.07) is 0. The smallest absolute Gasteiger partial charge is 0.139 e. The Bertz CT molecular complexity index is 197. The monoisotopic (exact) mass is 169 g/mol. The first-order valence-electron chi connectivity index (χ1n) is 4.95. The van der Waals surface area contributed by atoms with E-state index in [0.29, 0.717) is 5.78 Å². The molecule has 0 amide bonds. The highest BCUT2D eigenvalue weighted by Crippen LogP contribution is 2.43. The van der Waals surface area contributed by atoms with E-state index in [1.54, 1.807) is 0 Å². The van der Waals surface area contributed by atoms with E-state index in [1.165, 1.54) is 6.42 Å². The van der Waals surface area contributed by atoms with Crippen LogP contribution in [-0.4, -0.2) is 30.8 Å². The van der Waals surface area contributed by atoms with Crippen LogP contribution in [0.1, 0.15) is 33.5 Å². The van der Waals surface area contributed by atoms with Gasteiger partial charge in [0.05, 0.1) is 0 Å². The van der Waals surface area contributed by atoms with Gasteiger partial charge in [-0.3, -0.25) is 4.79 Å². The SMILES string of the molecule is CN1CCC2(CCCC2=O)CC1.[HH]. The Kier molecular flexibility index (Phi) is 1.95. The first kappa shape index (κ1) is 8.24. The number of Topliss-reactive ketones (excluding diaryl/α,β-unsaturated/α-hetero) is 1. The van der Waals surface area contributed by atoms with Gasteiger partial charge >= 0.3 is 0 Å². The summed E-state index contributed by atoms with van der Waals surface area (Å²) in [5, 5.41) is 0. The number of hydrogen-bond acceptors (Lipinski definition) is 2.